The fourth-order valence-electron chi connectivity index (χ4n) is 5.37. The molecule has 0 amide bonds. The topological polar surface area (TPSA) is 104 Å². The van der Waals surface area contributed by atoms with Crippen LogP contribution in [0.4, 0.5) is 0 Å². The van der Waals surface area contributed by atoms with Crippen molar-refractivity contribution in [3.05, 3.63) is 12.2 Å². The smallest absolute Gasteiger partial charge is 0.167 e. The lowest BCUT2D eigenvalue weighted by molar-refractivity contribution is -0.180. The molecule has 1 saturated carbocycles. The number of carbonyl (C=O) groups is 1. The molecular formula is C26H45NO4. The minimum absolute atomic E-state index is 0.0573. The fourth-order valence-corrected chi connectivity index (χ4v) is 5.37. The Morgan fingerprint density at radius 1 is 1.06 bits per heavy atom. The quantitative estimate of drug-likeness (QED) is 0.309. The van der Waals surface area contributed by atoms with Gasteiger partial charge in [0.15, 0.2) is 11.4 Å². The lowest BCUT2D eigenvalue weighted by Crippen LogP contribution is -2.60. The first-order valence-electron chi connectivity index (χ1n) is 11.4. The average Bonchev–Trinajstić information content (AvgIpc) is 2.58. The molecule has 0 bridgehead atoms. The summed E-state index contributed by atoms with van der Waals surface area (Å²) in [6.07, 6.45) is 10.7. The predicted octanol–water partition coefficient (Wildman–Crippen LogP) is 3.74. The van der Waals surface area contributed by atoms with Gasteiger partial charge in [-0.1, -0.05) is 39.8 Å². The number of Topliss-reactive ketones (excluding diaryl/α,β-unsaturated/α-hetero) is 1. The third-order valence-corrected chi connectivity index (χ3v) is 6.37. The molecule has 4 atom stereocenters. The molecule has 1 fully saturated rings. The number of nitrogens with two attached hydrogens (primary N) is 1. The molecule has 1 rings (SSSR count). The molecule has 5 heteroatoms. The summed E-state index contributed by atoms with van der Waals surface area (Å²) in [6.45, 7) is 14.4. The van der Waals surface area contributed by atoms with Crippen LogP contribution in [-0.4, -0.2) is 44.5 Å². The molecule has 0 aromatic rings. The van der Waals surface area contributed by atoms with Crippen molar-refractivity contribution in [3.8, 4) is 12.3 Å². The molecule has 0 spiro atoms. The van der Waals surface area contributed by atoms with Crippen LogP contribution in [0.3, 0.4) is 0 Å². The predicted molar refractivity (Wildman–Crippen MR) is 126 cm³/mol. The van der Waals surface area contributed by atoms with E-state index in [0.717, 1.165) is 12.8 Å². The van der Waals surface area contributed by atoms with Gasteiger partial charge in [0.05, 0.1) is 6.10 Å². The van der Waals surface area contributed by atoms with Crippen LogP contribution in [0.2, 0.25) is 0 Å². The van der Waals surface area contributed by atoms with E-state index in [0.29, 0.717) is 12.8 Å². The Bertz CT molecular complexity index is 699. The molecule has 1 aliphatic rings. The first-order valence-corrected chi connectivity index (χ1v) is 11.4. The first kappa shape index (κ1) is 27.8. The lowest BCUT2D eigenvalue weighted by atomic mass is 9.66. The molecule has 0 heterocycles. The highest BCUT2D eigenvalue weighted by atomic mass is 16.4. The molecule has 31 heavy (non-hydrogen) atoms. The summed E-state index contributed by atoms with van der Waals surface area (Å²) in [6, 6.07) is 0. The van der Waals surface area contributed by atoms with E-state index in [9.17, 15) is 20.1 Å². The number of carbonyl (C=O) groups excluding carboxylic acids is 1. The van der Waals surface area contributed by atoms with Crippen LogP contribution in [0.1, 0.15) is 93.4 Å². The Morgan fingerprint density at radius 2 is 1.61 bits per heavy atom. The number of rotatable bonds is 10. The van der Waals surface area contributed by atoms with Crippen molar-refractivity contribution in [1.82, 2.24) is 0 Å². The van der Waals surface area contributed by atoms with Gasteiger partial charge in [0.2, 0.25) is 0 Å². The molecule has 0 aliphatic heterocycles. The maximum Gasteiger partial charge on any atom is 0.167 e. The Hall–Kier alpha value is -1.19. The van der Waals surface area contributed by atoms with Gasteiger partial charge in [-0.3, -0.25) is 4.79 Å². The highest BCUT2D eigenvalue weighted by Gasteiger charge is 2.52. The van der Waals surface area contributed by atoms with E-state index in [-0.39, 0.29) is 30.1 Å². The SMILES string of the molecule is C#CC(C)(C)CC(C)(C)C/C=C\CC(C)(N)CC(C)(C)C[C@]1(O)C(=O)CC[C@H](O)[C@H]1O. The second-order valence-electron chi connectivity index (χ2n) is 12.3. The molecule has 1 unspecified atom stereocenters. The average molecular weight is 436 g/mol. The number of aliphatic hydroxyl groups excluding tert-OH is 2. The van der Waals surface area contributed by atoms with E-state index >= 15 is 0 Å². The minimum atomic E-state index is -1.93. The van der Waals surface area contributed by atoms with Crippen molar-refractivity contribution >= 4 is 5.78 Å². The Balaban J connectivity index is 2.73. The van der Waals surface area contributed by atoms with Gasteiger partial charge in [-0.2, -0.15) is 0 Å². The van der Waals surface area contributed by atoms with E-state index < -0.39 is 34.5 Å². The van der Waals surface area contributed by atoms with Crippen molar-refractivity contribution in [2.75, 3.05) is 0 Å². The molecule has 1 aliphatic carbocycles. The van der Waals surface area contributed by atoms with Crippen LogP contribution < -0.4 is 5.73 Å². The zero-order valence-electron chi connectivity index (χ0n) is 20.7. The van der Waals surface area contributed by atoms with Crippen molar-refractivity contribution in [2.45, 2.75) is 117 Å². The van der Waals surface area contributed by atoms with Gasteiger partial charge in [-0.15, -0.1) is 12.3 Å². The summed E-state index contributed by atoms with van der Waals surface area (Å²) >= 11 is 0. The zero-order chi connectivity index (χ0) is 24.3. The summed E-state index contributed by atoms with van der Waals surface area (Å²) < 4.78 is 0. The Morgan fingerprint density at radius 3 is 2.16 bits per heavy atom. The molecule has 0 aromatic heterocycles. The first-order chi connectivity index (χ1) is 13.8. The van der Waals surface area contributed by atoms with Crippen molar-refractivity contribution in [1.29, 1.82) is 0 Å². The Kier molecular flexibility index (Phi) is 8.76. The van der Waals surface area contributed by atoms with Gasteiger partial charge in [0.25, 0.3) is 0 Å². The fraction of sp³-hybridized carbons (Fsp3) is 0.808. The molecular weight excluding hydrogens is 390 g/mol. The number of ketones is 1. The summed E-state index contributed by atoms with van der Waals surface area (Å²) in [4.78, 5) is 12.4. The van der Waals surface area contributed by atoms with E-state index in [1.54, 1.807) is 0 Å². The van der Waals surface area contributed by atoms with Gasteiger partial charge < -0.3 is 21.1 Å². The highest BCUT2D eigenvalue weighted by Crippen LogP contribution is 2.41. The van der Waals surface area contributed by atoms with Gasteiger partial charge in [0.1, 0.15) is 6.10 Å². The summed E-state index contributed by atoms with van der Waals surface area (Å²) in [5.41, 5.74) is 3.53. The monoisotopic (exact) mass is 435 g/mol. The zero-order valence-corrected chi connectivity index (χ0v) is 20.7. The molecule has 178 valence electrons. The minimum Gasteiger partial charge on any atom is -0.390 e. The van der Waals surface area contributed by atoms with E-state index in [1.165, 1.54) is 0 Å². The lowest BCUT2D eigenvalue weighted by Gasteiger charge is -2.44. The number of hydrogen-bond donors (Lipinski definition) is 4. The number of allylic oxidation sites excluding steroid dienone is 1. The maximum absolute atomic E-state index is 12.4. The molecule has 5 N–H and O–H groups in total. The normalized spacial score (nSPS) is 27.9. The van der Waals surface area contributed by atoms with Crippen LogP contribution in [0, 0.1) is 28.6 Å². The van der Waals surface area contributed by atoms with Gasteiger partial charge in [-0.05, 0) is 70.1 Å². The Labute approximate surface area is 189 Å². The van der Waals surface area contributed by atoms with Gasteiger partial charge >= 0.3 is 0 Å². The van der Waals surface area contributed by atoms with Gasteiger partial charge in [0, 0.05) is 17.4 Å². The van der Waals surface area contributed by atoms with E-state index in [1.807, 2.05) is 20.8 Å². The number of terminal acetylenes is 1. The van der Waals surface area contributed by atoms with Crippen molar-refractivity contribution in [2.24, 2.45) is 22.0 Å². The third kappa shape index (κ3) is 8.35. The van der Waals surface area contributed by atoms with Gasteiger partial charge in [-0.25, -0.2) is 0 Å². The van der Waals surface area contributed by atoms with E-state index in [2.05, 4.69) is 45.8 Å². The summed E-state index contributed by atoms with van der Waals surface area (Å²) in [5, 5.41) is 31.1. The number of aliphatic hydroxyl groups is 3. The highest BCUT2D eigenvalue weighted by molar-refractivity contribution is 5.88. The van der Waals surface area contributed by atoms with Crippen LogP contribution in [0.25, 0.3) is 0 Å². The maximum atomic E-state index is 12.4. The summed E-state index contributed by atoms with van der Waals surface area (Å²) in [7, 11) is 0. The third-order valence-electron chi connectivity index (χ3n) is 6.37. The van der Waals surface area contributed by atoms with Crippen LogP contribution in [0.5, 0.6) is 0 Å². The molecule has 0 radical (unpaired) electrons. The second kappa shape index (κ2) is 9.75. The molecule has 0 aromatic carbocycles. The van der Waals surface area contributed by atoms with Crippen LogP contribution >= 0.6 is 0 Å². The van der Waals surface area contributed by atoms with Crippen LogP contribution in [0.15, 0.2) is 12.2 Å². The van der Waals surface area contributed by atoms with Crippen molar-refractivity contribution in [3.63, 3.8) is 0 Å². The summed E-state index contributed by atoms with van der Waals surface area (Å²) in [5.74, 6) is 2.45. The number of hydrogen-bond acceptors (Lipinski definition) is 5. The van der Waals surface area contributed by atoms with E-state index in [4.69, 9.17) is 12.2 Å². The second-order valence-corrected chi connectivity index (χ2v) is 12.3. The van der Waals surface area contributed by atoms with Crippen LogP contribution in [-0.2, 0) is 4.79 Å². The largest absolute Gasteiger partial charge is 0.390 e. The molecule has 0 saturated heterocycles. The molecule has 5 nitrogen and oxygen atoms in total. The standard InChI is InChI=1S/C26H45NO4/c1-9-22(2,3)16-23(4,5)14-10-11-15-25(8,27)17-24(6,7)18-26(31)20(29)13-12-19(28)21(26)30/h1,10-11,19,21,28,30-31H,12-18,27H2,2-8H3/b11-10-/t19-,21+,25?,26-/m0/s1. The van der Waals surface area contributed by atoms with Crippen molar-refractivity contribution < 1.29 is 20.1 Å².